The highest BCUT2D eigenvalue weighted by Crippen LogP contribution is 2.11. The fraction of sp³-hybridized carbons (Fsp3) is 1.00. The summed E-state index contributed by atoms with van der Waals surface area (Å²) in [5, 5.41) is 0. The van der Waals surface area contributed by atoms with Gasteiger partial charge >= 0.3 is 0 Å². The first kappa shape index (κ1) is 28.6. The zero-order valence-electron chi connectivity index (χ0n) is 18.0. The molecule has 0 aromatic heterocycles. The van der Waals surface area contributed by atoms with Gasteiger partial charge in [0.25, 0.3) is 0 Å². The molecule has 0 amide bonds. The predicted octanol–water partition coefficient (Wildman–Crippen LogP) is 5.31. The molecular formula is C20H42O4S4. The molecule has 0 radical (unpaired) electrons. The maximum atomic E-state index is 11.9. The van der Waals surface area contributed by atoms with Crippen LogP contribution in [-0.4, -0.2) is 39.8 Å². The van der Waals surface area contributed by atoms with Gasteiger partial charge < -0.3 is 0 Å². The van der Waals surface area contributed by atoms with Crippen LogP contribution in [0.1, 0.15) is 104 Å². The van der Waals surface area contributed by atoms with Gasteiger partial charge in [0.05, 0.1) is 0 Å². The van der Waals surface area contributed by atoms with Gasteiger partial charge in [0.2, 0.25) is 0 Å². The summed E-state index contributed by atoms with van der Waals surface area (Å²) >= 11 is 0. The smallest absolute Gasteiger partial charge is 0.110 e. The summed E-state index contributed by atoms with van der Waals surface area (Å²) in [6, 6.07) is 0. The van der Waals surface area contributed by atoms with Crippen LogP contribution in [-0.2, 0) is 39.3 Å². The van der Waals surface area contributed by atoms with E-state index in [2.05, 4.69) is 13.8 Å². The lowest BCUT2D eigenvalue weighted by molar-refractivity contribution is 0.585. The lowest BCUT2D eigenvalue weighted by Gasteiger charge is -2.04. The van der Waals surface area contributed by atoms with E-state index < -0.39 is 39.3 Å². The average molecular weight is 475 g/mol. The van der Waals surface area contributed by atoms with Crippen molar-refractivity contribution < 1.29 is 16.8 Å². The average Bonchev–Trinajstić information content (AvgIpc) is 2.69. The second-order valence-corrected chi connectivity index (χ2v) is 15.8. The van der Waals surface area contributed by atoms with Crippen LogP contribution in [0.25, 0.3) is 0 Å². The van der Waals surface area contributed by atoms with Crippen molar-refractivity contribution in [3.63, 3.8) is 0 Å². The maximum Gasteiger partial charge on any atom is 0.110 e. The molecule has 0 heterocycles. The van der Waals surface area contributed by atoms with E-state index in [9.17, 15) is 16.8 Å². The maximum absolute atomic E-state index is 11.9. The van der Waals surface area contributed by atoms with Gasteiger partial charge in [-0.05, 0) is 25.7 Å². The molecule has 0 fully saturated rings. The third kappa shape index (κ3) is 17.5. The molecule has 0 rings (SSSR count). The van der Waals surface area contributed by atoms with Gasteiger partial charge in [0.1, 0.15) is 39.3 Å². The minimum absolute atomic E-state index is 0.569. The standard InChI is InChI=1S/C20H42O4S4/c1-3-5-13-17-25(21)27(23)19-15-11-9-7-8-10-12-16-20-28(24)26(22)18-14-6-4-2/h3-20H2,1-2H3. The Hall–Kier alpha value is 0.600. The van der Waals surface area contributed by atoms with E-state index in [1.807, 2.05) is 0 Å². The lowest BCUT2D eigenvalue weighted by atomic mass is 10.1. The Balaban J connectivity index is 3.46. The molecule has 4 unspecified atom stereocenters. The van der Waals surface area contributed by atoms with E-state index in [1.54, 1.807) is 0 Å². The van der Waals surface area contributed by atoms with Crippen LogP contribution in [0.3, 0.4) is 0 Å². The van der Waals surface area contributed by atoms with Crippen LogP contribution in [0.2, 0.25) is 0 Å². The van der Waals surface area contributed by atoms with E-state index in [1.165, 1.54) is 0 Å². The van der Waals surface area contributed by atoms with E-state index in [4.69, 9.17) is 0 Å². The molecule has 0 bridgehead atoms. The van der Waals surface area contributed by atoms with Gasteiger partial charge in [-0.2, -0.15) is 0 Å². The highest BCUT2D eigenvalue weighted by molar-refractivity contribution is 8.61. The van der Waals surface area contributed by atoms with E-state index in [0.717, 1.165) is 89.9 Å². The molecule has 28 heavy (non-hydrogen) atoms. The van der Waals surface area contributed by atoms with Gasteiger partial charge in [-0.25, -0.2) is 16.8 Å². The van der Waals surface area contributed by atoms with Crippen LogP contribution >= 0.6 is 0 Å². The lowest BCUT2D eigenvalue weighted by Crippen LogP contribution is -2.08. The van der Waals surface area contributed by atoms with Crippen molar-refractivity contribution in [2.45, 2.75) is 104 Å². The number of hydrogen-bond donors (Lipinski definition) is 0. The normalized spacial score (nSPS) is 15.9. The molecular weight excluding hydrogens is 432 g/mol. The highest BCUT2D eigenvalue weighted by atomic mass is 33.1. The predicted molar refractivity (Wildman–Crippen MR) is 128 cm³/mol. The number of hydrogen-bond acceptors (Lipinski definition) is 4. The summed E-state index contributed by atoms with van der Waals surface area (Å²) in [7, 11) is -4.67. The highest BCUT2D eigenvalue weighted by Gasteiger charge is 2.10. The Labute approximate surface area is 182 Å². The quantitative estimate of drug-likeness (QED) is 0.167. The Bertz CT molecular complexity index is 427. The van der Waals surface area contributed by atoms with Crippen LogP contribution in [0.5, 0.6) is 0 Å². The fourth-order valence-electron chi connectivity index (χ4n) is 2.81. The van der Waals surface area contributed by atoms with Crippen molar-refractivity contribution in [1.82, 2.24) is 0 Å². The van der Waals surface area contributed by atoms with Crippen LogP contribution in [0, 0.1) is 0 Å². The zero-order chi connectivity index (χ0) is 21.0. The third-order valence-corrected chi connectivity index (χ3v) is 12.4. The molecule has 0 aromatic rings. The van der Waals surface area contributed by atoms with Crippen molar-refractivity contribution in [1.29, 1.82) is 0 Å². The summed E-state index contributed by atoms with van der Waals surface area (Å²) in [6.07, 6.45) is 14.7. The Morgan fingerprint density at radius 2 is 0.571 bits per heavy atom. The first-order chi connectivity index (χ1) is 13.5. The second-order valence-electron chi connectivity index (χ2n) is 7.27. The molecule has 0 aromatic carbocycles. The summed E-state index contributed by atoms with van der Waals surface area (Å²) in [5.74, 6) is 2.30. The van der Waals surface area contributed by atoms with Crippen molar-refractivity contribution in [2.24, 2.45) is 0 Å². The van der Waals surface area contributed by atoms with Gasteiger partial charge in [-0.1, -0.05) is 78.1 Å². The molecule has 0 aliphatic heterocycles. The Morgan fingerprint density at radius 3 is 0.821 bits per heavy atom. The Morgan fingerprint density at radius 1 is 0.357 bits per heavy atom. The van der Waals surface area contributed by atoms with Crippen LogP contribution in [0.15, 0.2) is 0 Å². The minimum atomic E-state index is -1.17. The molecule has 0 N–H and O–H groups in total. The van der Waals surface area contributed by atoms with Crippen molar-refractivity contribution in [3.05, 3.63) is 0 Å². The topological polar surface area (TPSA) is 68.3 Å². The number of unbranched alkanes of at least 4 members (excludes halogenated alkanes) is 11. The van der Waals surface area contributed by atoms with E-state index >= 15 is 0 Å². The molecule has 0 spiro atoms. The monoisotopic (exact) mass is 474 g/mol. The fourth-order valence-corrected chi connectivity index (χ4v) is 8.96. The SMILES string of the molecule is CCCCCS(=O)S(=O)CCCCCCCCCCS(=O)S(=O)CCCCC. The summed E-state index contributed by atoms with van der Waals surface area (Å²) < 4.78 is 47.4. The molecule has 0 aliphatic carbocycles. The molecule has 4 nitrogen and oxygen atoms in total. The van der Waals surface area contributed by atoms with Crippen LogP contribution < -0.4 is 0 Å². The number of rotatable bonds is 21. The molecule has 0 saturated heterocycles. The summed E-state index contributed by atoms with van der Waals surface area (Å²) in [4.78, 5) is 0. The first-order valence-corrected chi connectivity index (χ1v) is 17.4. The molecule has 8 heteroatoms. The van der Waals surface area contributed by atoms with Gasteiger partial charge in [-0.15, -0.1) is 0 Å². The van der Waals surface area contributed by atoms with Crippen LogP contribution in [0.4, 0.5) is 0 Å². The van der Waals surface area contributed by atoms with Gasteiger partial charge in [0, 0.05) is 23.0 Å². The van der Waals surface area contributed by atoms with Gasteiger partial charge in [-0.3, -0.25) is 0 Å². The van der Waals surface area contributed by atoms with E-state index in [-0.39, 0.29) is 0 Å². The minimum Gasteiger partial charge on any atom is -0.246 e. The summed E-state index contributed by atoms with van der Waals surface area (Å²) in [6.45, 7) is 4.22. The summed E-state index contributed by atoms with van der Waals surface area (Å²) in [5.41, 5.74) is 0. The van der Waals surface area contributed by atoms with Crippen molar-refractivity contribution >= 4 is 39.3 Å². The molecule has 0 aliphatic rings. The third-order valence-electron chi connectivity index (χ3n) is 4.62. The second kappa shape index (κ2) is 20.9. The van der Waals surface area contributed by atoms with Crippen molar-refractivity contribution in [2.75, 3.05) is 23.0 Å². The Kier molecular flexibility index (Phi) is 21.3. The molecule has 0 saturated carbocycles. The molecule has 4 atom stereocenters. The van der Waals surface area contributed by atoms with E-state index in [0.29, 0.717) is 23.0 Å². The van der Waals surface area contributed by atoms with Gasteiger partial charge in [0.15, 0.2) is 0 Å². The molecule has 170 valence electrons. The van der Waals surface area contributed by atoms with Crippen molar-refractivity contribution in [3.8, 4) is 0 Å². The largest absolute Gasteiger partial charge is 0.246 e. The zero-order valence-corrected chi connectivity index (χ0v) is 21.3. The first-order valence-electron chi connectivity index (χ1n) is 11.1.